The lowest BCUT2D eigenvalue weighted by atomic mass is 9.61. The van der Waals surface area contributed by atoms with Crippen molar-refractivity contribution in [3.63, 3.8) is 0 Å². The van der Waals surface area contributed by atoms with Gasteiger partial charge in [0, 0.05) is 34.4 Å². The summed E-state index contributed by atoms with van der Waals surface area (Å²) in [7, 11) is 2.11. The Balaban J connectivity index is 1.14. The molecule has 3 aromatic heterocycles. The molecule has 0 bridgehead atoms. The molecule has 8 heteroatoms. The fourth-order valence-corrected chi connectivity index (χ4v) is 8.45. The molecule has 5 heterocycles. The van der Waals surface area contributed by atoms with E-state index >= 15 is 0 Å². The van der Waals surface area contributed by atoms with E-state index in [1.807, 2.05) is 41.1 Å². The summed E-state index contributed by atoms with van der Waals surface area (Å²) in [4.78, 5) is 9.49. The Bertz CT molecular complexity index is 2880. The van der Waals surface area contributed by atoms with E-state index in [1.165, 1.54) is 26.7 Å². The maximum Gasteiger partial charge on any atom is 0.415 e. The van der Waals surface area contributed by atoms with Crippen LogP contribution in [0.25, 0.3) is 44.3 Å². The Hall–Kier alpha value is -6.02. The molecule has 7 nitrogen and oxygen atoms in total. The quantitative estimate of drug-likeness (QED) is 0.106. The third-order valence-corrected chi connectivity index (χ3v) is 11.0. The summed E-state index contributed by atoms with van der Waals surface area (Å²) in [6.45, 7) is 8.38. The zero-order valence-corrected chi connectivity index (χ0v) is 30.1. The monoisotopic (exact) mass is 681 g/mol. The van der Waals surface area contributed by atoms with Gasteiger partial charge in [-0.3, -0.25) is 4.57 Å². The van der Waals surface area contributed by atoms with Gasteiger partial charge in [-0.25, -0.2) is 4.98 Å². The molecule has 0 unspecified atom stereocenters. The van der Waals surface area contributed by atoms with Crippen molar-refractivity contribution in [3.8, 4) is 23.0 Å². The molecule has 0 fully saturated rings. The van der Waals surface area contributed by atoms with Crippen LogP contribution in [0.15, 0.2) is 109 Å². The normalized spacial score (nSPS) is 14.7. The van der Waals surface area contributed by atoms with E-state index in [9.17, 15) is 0 Å². The highest BCUT2D eigenvalue weighted by Crippen LogP contribution is 2.52. The molecule has 52 heavy (non-hydrogen) atoms. The number of nitrogens with zero attached hydrogens (tertiary/aromatic N) is 6. The molecular formula is C44H39BN6O. The lowest BCUT2D eigenvalue weighted by Gasteiger charge is -2.34. The highest BCUT2D eigenvalue weighted by atomic mass is 16.5. The van der Waals surface area contributed by atoms with Crippen molar-refractivity contribution in [2.75, 3.05) is 16.7 Å². The van der Waals surface area contributed by atoms with E-state index in [0.29, 0.717) is 17.0 Å². The molecule has 0 amide bonds. The second-order valence-corrected chi connectivity index (χ2v) is 15.2. The third kappa shape index (κ3) is 4.27. The number of hydrogen-bond acceptors (Lipinski definition) is 4. The highest BCUT2D eigenvalue weighted by molar-refractivity contribution is 6.84. The number of fused-ring (bicyclic) bond motifs is 6. The van der Waals surface area contributed by atoms with E-state index in [1.54, 1.807) is 0 Å². The van der Waals surface area contributed by atoms with E-state index in [0.717, 1.165) is 55.9 Å². The SMILES string of the molecule is [2H]C([2H])([2H])[n+]1[c-]n2c3c4c(ccc31)N(C)B(c1c(C)cccc1C)N4c1ccc(Oc3ccc4c5ccccc5n(-c5cc(C(C)(C)C)ccn5)c4c3)cc1-2. The van der Waals surface area contributed by atoms with E-state index in [-0.39, 0.29) is 12.4 Å². The minimum atomic E-state index is -2.42. The largest absolute Gasteiger partial charge is 0.458 e. The maximum atomic E-state index is 8.42. The van der Waals surface area contributed by atoms with Crippen molar-refractivity contribution in [1.82, 2.24) is 14.1 Å². The van der Waals surface area contributed by atoms with Crippen molar-refractivity contribution in [2.24, 2.45) is 6.98 Å². The molecule has 0 radical (unpaired) electrons. The first-order chi connectivity index (χ1) is 26.3. The summed E-state index contributed by atoms with van der Waals surface area (Å²) in [5.74, 6) is 2.15. The van der Waals surface area contributed by atoms with Gasteiger partial charge in [0.25, 0.3) is 0 Å². The molecule has 8 aromatic rings. The minimum Gasteiger partial charge on any atom is -0.458 e. The van der Waals surface area contributed by atoms with Crippen LogP contribution in [0.1, 0.15) is 41.6 Å². The van der Waals surface area contributed by atoms with E-state index < -0.39 is 6.98 Å². The van der Waals surface area contributed by atoms with Crippen LogP contribution >= 0.6 is 0 Å². The molecule has 5 aromatic carbocycles. The lowest BCUT2D eigenvalue weighted by molar-refractivity contribution is -0.649. The van der Waals surface area contributed by atoms with Gasteiger partial charge in [0.15, 0.2) is 0 Å². The summed E-state index contributed by atoms with van der Waals surface area (Å²) >= 11 is 0. The van der Waals surface area contributed by atoms with Crippen LogP contribution in [0.5, 0.6) is 11.5 Å². The Kier molecular flexibility index (Phi) is 5.72. The number of ether oxygens (including phenoxy) is 1. The van der Waals surface area contributed by atoms with Crippen molar-refractivity contribution < 1.29 is 13.4 Å². The molecule has 2 aliphatic rings. The smallest absolute Gasteiger partial charge is 0.415 e. The minimum absolute atomic E-state index is 0.0337. The fourth-order valence-electron chi connectivity index (χ4n) is 8.45. The van der Waals surface area contributed by atoms with Crippen LogP contribution in [-0.4, -0.2) is 28.1 Å². The Morgan fingerprint density at radius 1 is 0.788 bits per heavy atom. The molecule has 0 N–H and O–H groups in total. The molecule has 254 valence electrons. The first-order valence-electron chi connectivity index (χ1n) is 19.2. The number of pyridine rings is 1. The van der Waals surface area contributed by atoms with Crippen molar-refractivity contribution in [2.45, 2.75) is 40.0 Å². The summed E-state index contributed by atoms with van der Waals surface area (Å²) in [5, 5.41) is 2.25. The predicted molar refractivity (Wildman–Crippen MR) is 212 cm³/mol. The van der Waals surface area contributed by atoms with Gasteiger partial charge in [-0.2, -0.15) is 0 Å². The first kappa shape index (κ1) is 27.7. The number of para-hydroxylation sites is 1. The molecule has 10 rings (SSSR count). The molecule has 0 spiro atoms. The van der Waals surface area contributed by atoms with Crippen LogP contribution < -0.4 is 24.4 Å². The molecule has 0 atom stereocenters. The average molecular weight is 682 g/mol. The van der Waals surface area contributed by atoms with Crippen molar-refractivity contribution in [1.29, 1.82) is 0 Å². The maximum absolute atomic E-state index is 8.42. The number of rotatable bonds is 4. The first-order valence-corrected chi connectivity index (χ1v) is 17.7. The predicted octanol–water partition coefficient (Wildman–Crippen LogP) is 8.75. The van der Waals surface area contributed by atoms with Crippen LogP contribution in [0.4, 0.5) is 17.1 Å². The van der Waals surface area contributed by atoms with Crippen molar-refractivity contribution >= 4 is 62.3 Å². The van der Waals surface area contributed by atoms with Crippen LogP contribution in [0.2, 0.25) is 0 Å². The number of imidazole rings is 1. The van der Waals surface area contributed by atoms with E-state index in [4.69, 9.17) is 13.8 Å². The van der Waals surface area contributed by atoms with Gasteiger partial charge in [-0.1, -0.05) is 74.4 Å². The topological polar surface area (TPSA) is 42.3 Å². The number of benzene rings is 5. The Morgan fingerprint density at radius 2 is 1.54 bits per heavy atom. The zero-order valence-electron chi connectivity index (χ0n) is 33.1. The van der Waals surface area contributed by atoms with Crippen molar-refractivity contribution in [3.05, 3.63) is 132 Å². The summed E-state index contributed by atoms with van der Waals surface area (Å²) in [5.41, 5.74) is 12.0. The average Bonchev–Trinajstić information content (AvgIpc) is 3.79. The van der Waals surface area contributed by atoms with Crippen LogP contribution in [0, 0.1) is 20.2 Å². The fraction of sp³-hybridized carbons (Fsp3) is 0.182. The highest BCUT2D eigenvalue weighted by Gasteiger charge is 2.46. The zero-order chi connectivity index (χ0) is 38.1. The molecule has 0 saturated carbocycles. The van der Waals surface area contributed by atoms with E-state index in [2.05, 4.69) is 135 Å². The number of hydrogen-bond donors (Lipinski definition) is 0. The second-order valence-electron chi connectivity index (χ2n) is 15.2. The van der Waals surface area contributed by atoms with Gasteiger partial charge >= 0.3 is 6.98 Å². The Morgan fingerprint density at radius 3 is 2.35 bits per heavy atom. The summed E-state index contributed by atoms with van der Waals surface area (Å²) in [6, 6.07) is 35.3. The second kappa shape index (κ2) is 10.7. The van der Waals surface area contributed by atoms with Gasteiger partial charge < -0.3 is 23.5 Å². The van der Waals surface area contributed by atoms with Gasteiger partial charge in [0.2, 0.25) is 6.33 Å². The molecule has 0 aliphatic carbocycles. The van der Waals surface area contributed by atoms with Crippen LogP contribution in [-0.2, 0) is 12.4 Å². The lowest BCUT2D eigenvalue weighted by Crippen LogP contribution is -2.55. The summed E-state index contributed by atoms with van der Waals surface area (Å²) < 4.78 is 37.4. The molecule has 0 saturated heterocycles. The summed E-state index contributed by atoms with van der Waals surface area (Å²) in [6.07, 6.45) is 5.11. The standard InChI is InChI=1S/C44H39BN6O/c1-27-11-10-12-28(2)41(27)45-48(7)37-20-19-36-42-43(37)51(45)35-18-16-31(25-39(35)49(42)26-47(36)6)52-30-15-17-33-32-13-8-9-14-34(32)50(38(33)24-30)40-23-29(21-22-46-40)44(3,4)5/h8-25H,1-7H3/i6D3. The third-order valence-electron chi connectivity index (χ3n) is 11.0. The molecular weight excluding hydrogens is 639 g/mol. The van der Waals surface area contributed by atoms with Gasteiger partial charge in [0.05, 0.1) is 44.5 Å². The van der Waals surface area contributed by atoms with Gasteiger partial charge in [-0.05, 0) is 91.9 Å². The Labute approximate surface area is 308 Å². The number of aryl methyl sites for hydroxylation is 3. The van der Waals surface area contributed by atoms with Gasteiger partial charge in [0.1, 0.15) is 17.3 Å². The number of anilines is 3. The van der Waals surface area contributed by atoms with Gasteiger partial charge in [-0.15, -0.1) is 0 Å². The van der Waals surface area contributed by atoms with Crippen LogP contribution in [0.3, 0.4) is 0 Å². The number of aromatic nitrogens is 4. The molecule has 2 aliphatic heterocycles.